The summed E-state index contributed by atoms with van der Waals surface area (Å²) in [4.78, 5) is 21.7. The van der Waals surface area contributed by atoms with Gasteiger partial charge in [-0.1, -0.05) is 23.2 Å². The molecule has 98 valence electrons. The minimum Gasteiger partial charge on any atom is -0.308 e. The molecule has 2 aromatic heterocycles. The number of amides is 1. The molecule has 0 aliphatic rings. The van der Waals surface area contributed by atoms with Gasteiger partial charge in [-0.05, 0) is 31.2 Å². The van der Waals surface area contributed by atoms with E-state index in [9.17, 15) is 4.79 Å². The molecule has 0 saturated carbocycles. The summed E-state index contributed by atoms with van der Waals surface area (Å²) in [5.74, 6) is -0.286. The summed E-state index contributed by atoms with van der Waals surface area (Å²) < 4.78 is 0. The van der Waals surface area contributed by atoms with Gasteiger partial charge < -0.3 is 4.90 Å². The molecule has 19 heavy (non-hydrogen) atoms. The molecule has 0 aromatic carbocycles. The third-order valence-electron chi connectivity index (χ3n) is 2.62. The van der Waals surface area contributed by atoms with Crippen LogP contribution in [0.5, 0.6) is 0 Å². The van der Waals surface area contributed by atoms with Gasteiger partial charge >= 0.3 is 0 Å². The number of aromatic nitrogens is 2. The van der Waals surface area contributed by atoms with Crippen molar-refractivity contribution in [3.8, 4) is 0 Å². The Labute approximate surface area is 121 Å². The average Bonchev–Trinajstić information content (AvgIpc) is 2.38. The highest BCUT2D eigenvalue weighted by Crippen LogP contribution is 2.25. The predicted octanol–water partition coefficient (Wildman–Crippen LogP) is 3.37. The van der Waals surface area contributed by atoms with Gasteiger partial charge in [-0.3, -0.25) is 4.79 Å². The van der Waals surface area contributed by atoms with Crippen LogP contribution in [0.15, 0.2) is 30.5 Å². The summed E-state index contributed by atoms with van der Waals surface area (Å²) in [7, 11) is 1.61. The molecule has 1 amide bonds. The zero-order valence-electron chi connectivity index (χ0n) is 10.4. The summed E-state index contributed by atoms with van der Waals surface area (Å²) in [6.45, 7) is 1.83. The van der Waals surface area contributed by atoms with Crippen LogP contribution in [0.1, 0.15) is 16.1 Å². The van der Waals surface area contributed by atoms with Crippen molar-refractivity contribution >= 4 is 34.8 Å². The highest BCUT2D eigenvalue weighted by Gasteiger charge is 2.19. The molecule has 0 spiro atoms. The Bertz CT molecular complexity index is 631. The first-order valence-corrected chi connectivity index (χ1v) is 6.28. The zero-order chi connectivity index (χ0) is 14.0. The molecule has 0 radical (unpaired) electrons. The van der Waals surface area contributed by atoms with Gasteiger partial charge in [0.2, 0.25) is 0 Å². The second-order valence-corrected chi connectivity index (χ2v) is 4.68. The number of hydrogen-bond acceptors (Lipinski definition) is 3. The van der Waals surface area contributed by atoms with Crippen LogP contribution in [0.25, 0.3) is 0 Å². The lowest BCUT2D eigenvalue weighted by molar-refractivity contribution is 0.0992. The molecule has 0 fully saturated rings. The number of carbonyl (C=O) groups excluding carboxylic acids is 1. The van der Waals surface area contributed by atoms with Crippen molar-refractivity contribution in [1.82, 2.24) is 9.97 Å². The quantitative estimate of drug-likeness (QED) is 0.798. The molecule has 0 unspecified atom stereocenters. The van der Waals surface area contributed by atoms with Crippen molar-refractivity contribution in [1.29, 1.82) is 0 Å². The molecule has 0 N–H and O–H groups in total. The molecule has 6 heteroatoms. The van der Waals surface area contributed by atoms with E-state index in [0.29, 0.717) is 11.3 Å². The third-order valence-corrected chi connectivity index (χ3v) is 3.20. The first kappa shape index (κ1) is 13.8. The maximum Gasteiger partial charge on any atom is 0.261 e. The van der Waals surface area contributed by atoms with E-state index in [1.807, 2.05) is 6.92 Å². The Hall–Kier alpha value is -1.65. The molecule has 0 bridgehead atoms. The average molecular weight is 296 g/mol. The van der Waals surface area contributed by atoms with Gasteiger partial charge in [0.1, 0.15) is 5.15 Å². The fraction of sp³-hybridized carbons (Fsp3) is 0.154. The molecule has 0 aliphatic carbocycles. The monoisotopic (exact) mass is 295 g/mol. The lowest BCUT2D eigenvalue weighted by Crippen LogP contribution is -2.27. The molecule has 4 nitrogen and oxygen atoms in total. The fourth-order valence-electron chi connectivity index (χ4n) is 1.60. The Morgan fingerprint density at radius 1 is 1.21 bits per heavy atom. The maximum absolute atomic E-state index is 12.3. The molecule has 0 saturated heterocycles. The van der Waals surface area contributed by atoms with Crippen LogP contribution >= 0.6 is 23.2 Å². The summed E-state index contributed by atoms with van der Waals surface area (Å²) in [6.07, 6.45) is 1.53. The van der Waals surface area contributed by atoms with E-state index in [1.54, 1.807) is 31.3 Å². The van der Waals surface area contributed by atoms with Gasteiger partial charge in [-0.2, -0.15) is 0 Å². The van der Waals surface area contributed by atoms with Crippen molar-refractivity contribution in [3.05, 3.63) is 52.0 Å². The van der Waals surface area contributed by atoms with E-state index in [-0.39, 0.29) is 16.2 Å². The van der Waals surface area contributed by atoms with Gasteiger partial charge in [-0.15, -0.1) is 0 Å². The van der Waals surface area contributed by atoms with Crippen LogP contribution < -0.4 is 4.90 Å². The summed E-state index contributed by atoms with van der Waals surface area (Å²) in [6, 6.07) is 6.80. The first-order valence-electron chi connectivity index (χ1n) is 5.52. The highest BCUT2D eigenvalue weighted by molar-refractivity contribution is 6.34. The van der Waals surface area contributed by atoms with Crippen LogP contribution in [-0.4, -0.2) is 22.9 Å². The van der Waals surface area contributed by atoms with Crippen LogP contribution in [0.3, 0.4) is 0 Å². The predicted molar refractivity (Wildman–Crippen MR) is 76.0 cm³/mol. The number of halogens is 2. The van der Waals surface area contributed by atoms with Gasteiger partial charge in [0.25, 0.3) is 5.91 Å². The van der Waals surface area contributed by atoms with E-state index in [1.165, 1.54) is 11.1 Å². The minimum atomic E-state index is -0.286. The number of hydrogen-bond donors (Lipinski definition) is 0. The summed E-state index contributed by atoms with van der Waals surface area (Å²) in [5, 5.41) is 0.436. The normalized spacial score (nSPS) is 10.3. The van der Waals surface area contributed by atoms with E-state index < -0.39 is 0 Å². The van der Waals surface area contributed by atoms with E-state index >= 15 is 0 Å². The summed E-state index contributed by atoms with van der Waals surface area (Å²) in [5.41, 5.74) is 1.63. The van der Waals surface area contributed by atoms with Crippen LogP contribution in [-0.2, 0) is 0 Å². The summed E-state index contributed by atoms with van der Waals surface area (Å²) >= 11 is 12.0. The Morgan fingerprint density at radius 3 is 2.58 bits per heavy atom. The number of carbonyl (C=O) groups is 1. The number of anilines is 1. The smallest absolute Gasteiger partial charge is 0.261 e. The van der Waals surface area contributed by atoms with Crippen molar-refractivity contribution in [2.45, 2.75) is 6.92 Å². The first-order chi connectivity index (χ1) is 9.00. The minimum absolute atomic E-state index is 0.163. The van der Waals surface area contributed by atoms with E-state index in [4.69, 9.17) is 23.2 Å². The van der Waals surface area contributed by atoms with E-state index in [2.05, 4.69) is 9.97 Å². The van der Waals surface area contributed by atoms with Crippen molar-refractivity contribution in [2.24, 2.45) is 0 Å². The van der Waals surface area contributed by atoms with Gasteiger partial charge in [-0.25, -0.2) is 9.97 Å². The lowest BCUT2D eigenvalue weighted by atomic mass is 10.2. The highest BCUT2D eigenvalue weighted by atomic mass is 35.5. The van der Waals surface area contributed by atoms with Crippen molar-refractivity contribution in [2.75, 3.05) is 11.9 Å². The van der Waals surface area contributed by atoms with Gasteiger partial charge in [0, 0.05) is 18.9 Å². The molecule has 0 aliphatic heterocycles. The number of nitrogens with zero attached hydrogens (tertiary/aromatic N) is 3. The third kappa shape index (κ3) is 2.85. The lowest BCUT2D eigenvalue weighted by Gasteiger charge is -2.18. The second kappa shape index (κ2) is 5.55. The Kier molecular flexibility index (Phi) is 4.02. The molecular formula is C13H11Cl2N3O. The molecule has 2 heterocycles. The molecular weight excluding hydrogens is 285 g/mol. The van der Waals surface area contributed by atoms with E-state index in [0.717, 1.165) is 5.69 Å². The second-order valence-electron chi connectivity index (χ2n) is 3.97. The Balaban J connectivity index is 2.37. The zero-order valence-corrected chi connectivity index (χ0v) is 11.9. The molecule has 2 aromatic rings. The molecule has 0 atom stereocenters. The largest absolute Gasteiger partial charge is 0.308 e. The molecule has 2 rings (SSSR count). The van der Waals surface area contributed by atoms with Crippen molar-refractivity contribution in [3.63, 3.8) is 0 Å². The SMILES string of the molecule is Cc1ccc(N(C)C(=O)c2cccnc2Cl)c(Cl)n1. The van der Waals surface area contributed by atoms with Gasteiger partial charge in [0.05, 0.1) is 11.3 Å². The van der Waals surface area contributed by atoms with Crippen LogP contribution in [0.4, 0.5) is 5.69 Å². The number of pyridine rings is 2. The van der Waals surface area contributed by atoms with Gasteiger partial charge in [0.15, 0.2) is 5.15 Å². The fourth-order valence-corrected chi connectivity index (χ4v) is 2.13. The van der Waals surface area contributed by atoms with Crippen molar-refractivity contribution < 1.29 is 4.79 Å². The standard InChI is InChI=1S/C13H11Cl2N3O/c1-8-5-6-10(12(15)17-8)18(2)13(19)9-4-3-7-16-11(9)14/h3-7H,1-2H3. The van der Waals surface area contributed by atoms with Crippen LogP contribution in [0.2, 0.25) is 10.3 Å². The van der Waals surface area contributed by atoms with Crippen LogP contribution in [0, 0.1) is 6.92 Å². The number of aryl methyl sites for hydroxylation is 1. The topological polar surface area (TPSA) is 46.1 Å². The number of rotatable bonds is 2. The maximum atomic E-state index is 12.3. The Morgan fingerprint density at radius 2 is 1.95 bits per heavy atom.